The molecule has 0 aliphatic carbocycles. The summed E-state index contributed by atoms with van der Waals surface area (Å²) in [4.78, 5) is 37.3. The van der Waals surface area contributed by atoms with E-state index in [0.717, 1.165) is 0 Å². The minimum atomic E-state index is -4.64. The van der Waals surface area contributed by atoms with Crippen molar-refractivity contribution in [1.82, 2.24) is 0 Å². The number of carbonyl (C=O) groups is 1. The summed E-state index contributed by atoms with van der Waals surface area (Å²) in [5.41, 5.74) is 11.5. The fourth-order valence-corrected chi connectivity index (χ4v) is 1.48. The van der Waals surface area contributed by atoms with Crippen LogP contribution in [0.2, 0.25) is 0 Å². The molecule has 0 saturated heterocycles. The van der Waals surface area contributed by atoms with Gasteiger partial charge in [-0.2, -0.15) is 0 Å². The van der Waals surface area contributed by atoms with Crippen LogP contribution < -0.4 is 16.2 Å². The standard InChI is InChI=1S/C14H13N3O2.H3O4P/c15-14(16)17-11-8-6-10(7-9-11)13(18)19-12-4-2-1-3-5-12;1-5(2,3)4/h1-9H,(H4,15,16,17);(H3,1,2,3,4). The van der Waals surface area contributed by atoms with Gasteiger partial charge in [-0.3, -0.25) is 0 Å². The molecule has 128 valence electrons. The number of rotatable bonds is 3. The number of hydrogen-bond donors (Lipinski definition) is 5. The van der Waals surface area contributed by atoms with Crippen LogP contribution in [0.25, 0.3) is 0 Å². The second kappa shape index (κ2) is 8.80. The number of nitrogens with two attached hydrogens (primary N) is 2. The van der Waals surface area contributed by atoms with Crippen LogP contribution in [0.4, 0.5) is 5.69 Å². The van der Waals surface area contributed by atoms with Crippen LogP contribution in [0.15, 0.2) is 59.6 Å². The van der Waals surface area contributed by atoms with Gasteiger partial charge in [0.1, 0.15) is 5.75 Å². The molecule has 0 atom stereocenters. The maximum absolute atomic E-state index is 11.8. The molecule has 2 rings (SSSR count). The van der Waals surface area contributed by atoms with Crippen molar-refractivity contribution in [3.05, 3.63) is 60.2 Å². The molecule has 24 heavy (non-hydrogen) atoms. The Balaban J connectivity index is 0.000000505. The van der Waals surface area contributed by atoms with E-state index in [1.807, 2.05) is 6.07 Å². The summed E-state index contributed by atoms with van der Waals surface area (Å²) in [6.07, 6.45) is 0. The largest absolute Gasteiger partial charge is 0.466 e. The number of para-hydroxylation sites is 1. The van der Waals surface area contributed by atoms with Gasteiger partial charge in [-0.05, 0) is 36.4 Å². The number of carbonyl (C=O) groups excluding carboxylic acids is 1. The highest BCUT2D eigenvalue weighted by molar-refractivity contribution is 7.45. The van der Waals surface area contributed by atoms with E-state index in [2.05, 4.69) is 4.99 Å². The van der Waals surface area contributed by atoms with Crippen LogP contribution in [0, 0.1) is 0 Å². The molecule has 0 unspecified atom stereocenters. The zero-order chi connectivity index (χ0) is 18.2. The SMILES string of the molecule is NC(N)=Nc1ccc(C(=O)Oc2ccccc2)cc1.O=P(O)(O)O. The average Bonchev–Trinajstić information content (AvgIpc) is 2.46. The maximum atomic E-state index is 11.8. The van der Waals surface area contributed by atoms with Crippen molar-refractivity contribution in [1.29, 1.82) is 0 Å². The van der Waals surface area contributed by atoms with Crippen LogP contribution in [0.5, 0.6) is 5.75 Å². The molecule has 10 heteroatoms. The minimum absolute atomic E-state index is 0.0281. The molecular weight excluding hydrogens is 337 g/mol. The number of guanidine groups is 1. The van der Waals surface area contributed by atoms with Crippen molar-refractivity contribution in [3.8, 4) is 5.75 Å². The Hall–Kier alpha value is -2.71. The normalized spacial score (nSPS) is 10.1. The summed E-state index contributed by atoms with van der Waals surface area (Å²) in [5, 5.41) is 0. The van der Waals surface area contributed by atoms with Crippen molar-refractivity contribution >= 4 is 25.4 Å². The average molecular weight is 353 g/mol. The molecule has 0 radical (unpaired) electrons. The molecule has 0 spiro atoms. The maximum Gasteiger partial charge on any atom is 0.466 e. The third-order valence-electron chi connectivity index (χ3n) is 2.31. The van der Waals surface area contributed by atoms with Crippen molar-refractivity contribution in [2.75, 3.05) is 0 Å². The van der Waals surface area contributed by atoms with Gasteiger partial charge in [-0.1, -0.05) is 18.2 Å². The van der Waals surface area contributed by atoms with Gasteiger partial charge in [-0.25, -0.2) is 14.4 Å². The predicted molar refractivity (Wildman–Crippen MR) is 87.6 cm³/mol. The molecule has 0 aromatic heterocycles. The Morgan fingerprint density at radius 3 is 1.92 bits per heavy atom. The quantitative estimate of drug-likeness (QED) is 0.178. The molecule has 9 nitrogen and oxygen atoms in total. The lowest BCUT2D eigenvalue weighted by atomic mass is 10.2. The van der Waals surface area contributed by atoms with E-state index in [1.165, 1.54) is 0 Å². The second-order valence-electron chi connectivity index (χ2n) is 4.30. The molecule has 0 aliphatic rings. The van der Waals surface area contributed by atoms with Gasteiger partial charge in [0.15, 0.2) is 5.96 Å². The van der Waals surface area contributed by atoms with Crippen LogP contribution >= 0.6 is 7.82 Å². The molecule has 0 saturated carbocycles. The number of aliphatic imine (C=N–C) groups is 1. The summed E-state index contributed by atoms with van der Waals surface area (Å²) >= 11 is 0. The lowest BCUT2D eigenvalue weighted by Gasteiger charge is -2.04. The first-order valence-electron chi connectivity index (χ1n) is 6.40. The molecular formula is C14H16N3O6P. The Labute approximate surface area is 137 Å². The lowest BCUT2D eigenvalue weighted by molar-refractivity contribution is 0.0734. The summed E-state index contributed by atoms with van der Waals surface area (Å²) in [6.45, 7) is 0. The van der Waals surface area contributed by atoms with Gasteiger partial charge >= 0.3 is 13.8 Å². The molecule has 2 aromatic carbocycles. The summed E-state index contributed by atoms with van der Waals surface area (Å²) in [7, 11) is -4.64. The van der Waals surface area contributed by atoms with Gasteiger partial charge in [0.05, 0.1) is 11.3 Å². The lowest BCUT2D eigenvalue weighted by Crippen LogP contribution is -2.21. The first-order chi connectivity index (χ1) is 11.1. The molecule has 7 N–H and O–H groups in total. The van der Waals surface area contributed by atoms with Crippen LogP contribution in [-0.4, -0.2) is 26.6 Å². The third-order valence-corrected chi connectivity index (χ3v) is 2.31. The number of ether oxygens (including phenoxy) is 1. The monoisotopic (exact) mass is 353 g/mol. The number of hydrogen-bond acceptors (Lipinski definition) is 4. The van der Waals surface area contributed by atoms with E-state index in [4.69, 9.17) is 35.4 Å². The summed E-state index contributed by atoms with van der Waals surface area (Å²) in [6, 6.07) is 15.4. The van der Waals surface area contributed by atoms with Gasteiger partial charge < -0.3 is 30.9 Å². The Kier molecular flexibility index (Phi) is 7.09. The third kappa shape index (κ3) is 8.66. The van der Waals surface area contributed by atoms with E-state index in [0.29, 0.717) is 17.0 Å². The number of nitrogens with zero attached hydrogens (tertiary/aromatic N) is 1. The Morgan fingerprint density at radius 2 is 1.46 bits per heavy atom. The zero-order valence-electron chi connectivity index (χ0n) is 12.3. The highest BCUT2D eigenvalue weighted by atomic mass is 31.2. The smallest absolute Gasteiger partial charge is 0.423 e. The number of benzene rings is 2. The first-order valence-corrected chi connectivity index (χ1v) is 7.97. The van der Waals surface area contributed by atoms with Crippen molar-refractivity contribution in [2.45, 2.75) is 0 Å². The Morgan fingerprint density at radius 1 is 0.958 bits per heavy atom. The number of phosphoric acid groups is 1. The highest BCUT2D eigenvalue weighted by Gasteiger charge is 2.07. The first kappa shape index (κ1) is 19.3. The van der Waals surface area contributed by atoms with Gasteiger partial charge in [0.2, 0.25) is 0 Å². The second-order valence-corrected chi connectivity index (χ2v) is 5.33. The van der Waals surface area contributed by atoms with Gasteiger partial charge in [-0.15, -0.1) is 0 Å². The molecule has 0 aliphatic heterocycles. The predicted octanol–water partition coefficient (Wildman–Crippen LogP) is 0.882. The molecule has 0 heterocycles. The van der Waals surface area contributed by atoms with E-state index < -0.39 is 13.8 Å². The minimum Gasteiger partial charge on any atom is -0.423 e. The van der Waals surface area contributed by atoms with Crippen molar-refractivity contribution in [2.24, 2.45) is 16.5 Å². The fraction of sp³-hybridized carbons (Fsp3) is 0. The van der Waals surface area contributed by atoms with Crippen molar-refractivity contribution in [3.63, 3.8) is 0 Å². The van der Waals surface area contributed by atoms with E-state index in [-0.39, 0.29) is 5.96 Å². The Bertz CT molecular complexity index is 731. The topological polar surface area (TPSA) is 168 Å². The van der Waals surface area contributed by atoms with Crippen LogP contribution in [-0.2, 0) is 4.57 Å². The van der Waals surface area contributed by atoms with Gasteiger partial charge in [0, 0.05) is 0 Å². The highest BCUT2D eigenvalue weighted by Crippen LogP contribution is 2.25. The molecule has 0 amide bonds. The molecule has 0 bridgehead atoms. The summed E-state index contributed by atoms with van der Waals surface area (Å²) in [5.74, 6) is 0.0443. The van der Waals surface area contributed by atoms with Crippen LogP contribution in [0.1, 0.15) is 10.4 Å². The van der Waals surface area contributed by atoms with Crippen LogP contribution in [0.3, 0.4) is 0 Å². The van der Waals surface area contributed by atoms with E-state index >= 15 is 0 Å². The van der Waals surface area contributed by atoms with Crippen molar-refractivity contribution < 1.29 is 28.8 Å². The van der Waals surface area contributed by atoms with Gasteiger partial charge in [0.25, 0.3) is 0 Å². The molecule has 0 fully saturated rings. The zero-order valence-corrected chi connectivity index (χ0v) is 13.2. The fourth-order valence-electron chi connectivity index (χ4n) is 1.48. The van der Waals surface area contributed by atoms with E-state index in [1.54, 1.807) is 48.5 Å². The summed E-state index contributed by atoms with van der Waals surface area (Å²) < 4.78 is 14.1. The number of esters is 1. The molecule has 2 aromatic rings. The van der Waals surface area contributed by atoms with E-state index in [9.17, 15) is 4.79 Å².